The molecule has 0 fully saturated rings. The number of hydrogen-bond donors (Lipinski definition) is 9. The van der Waals surface area contributed by atoms with Gasteiger partial charge in [-0.2, -0.15) is 0 Å². The van der Waals surface area contributed by atoms with Gasteiger partial charge in [-0.3, -0.25) is 29.2 Å². The summed E-state index contributed by atoms with van der Waals surface area (Å²) in [5, 5.41) is 20.9. The number of guanidine groups is 2. The van der Waals surface area contributed by atoms with Crippen molar-refractivity contribution < 1.29 is 43.2 Å². The second-order valence-corrected chi connectivity index (χ2v) is 12.8. The number of carbonyl (C=O) groups is 4. The summed E-state index contributed by atoms with van der Waals surface area (Å²) in [6.45, 7) is -0.487. The fraction of sp³-hybridized carbons (Fsp3) is 0.350. The van der Waals surface area contributed by atoms with Gasteiger partial charge in [-0.15, -0.1) is 0 Å². The lowest BCUT2D eigenvalue weighted by Crippen LogP contribution is -2.57. The minimum absolute atomic E-state index is 0.0234. The number of carbonyl (C=O) groups excluding carboxylic acids is 4. The van der Waals surface area contributed by atoms with Crippen molar-refractivity contribution >= 4 is 53.4 Å². The van der Waals surface area contributed by atoms with E-state index in [-0.39, 0.29) is 50.0 Å². The van der Waals surface area contributed by atoms with Crippen LogP contribution in [-0.4, -0.2) is 107 Å². The van der Waals surface area contributed by atoms with Gasteiger partial charge in [0.2, 0.25) is 23.5 Å². The van der Waals surface area contributed by atoms with Crippen LogP contribution >= 0.6 is 0 Å². The molecule has 3 aromatic rings. The number of nitrogens with one attached hydrogen (secondary N) is 4. The number of anilines is 1. The third-order valence-corrected chi connectivity index (χ3v) is 8.63. The van der Waals surface area contributed by atoms with Gasteiger partial charge >= 0.3 is 0 Å². The second kappa shape index (κ2) is 23.9. The van der Waals surface area contributed by atoms with Crippen LogP contribution in [-0.2, 0) is 14.4 Å². The Hall–Kier alpha value is -7.02. The Morgan fingerprint density at radius 1 is 0.644 bits per heavy atom. The molecule has 0 saturated heterocycles. The Labute approximate surface area is 342 Å². The summed E-state index contributed by atoms with van der Waals surface area (Å²) in [6.07, 6.45) is 4.28. The Morgan fingerprint density at radius 2 is 1.17 bits per heavy atom. The summed E-state index contributed by atoms with van der Waals surface area (Å²) >= 11 is 0. The molecule has 318 valence electrons. The predicted octanol–water partition coefficient (Wildman–Crippen LogP) is 0.698. The maximum atomic E-state index is 13.8. The molecule has 0 bridgehead atoms. The van der Waals surface area contributed by atoms with E-state index in [0.717, 1.165) is 5.56 Å². The largest absolute Gasteiger partial charge is 0.495 e. The number of nitrogens with two attached hydrogens (primary N) is 4. The number of methoxy groups -OCH3 is 4. The molecule has 0 unspecified atom stereocenters. The highest BCUT2D eigenvalue weighted by molar-refractivity contribution is 6.01. The Kier molecular flexibility index (Phi) is 18.8. The first-order valence-corrected chi connectivity index (χ1v) is 18.5. The normalized spacial score (nSPS) is 12.2. The smallest absolute Gasteiger partial charge is 0.251 e. The number of aliphatic hydroxyl groups is 1. The molecule has 0 aliphatic carbocycles. The molecule has 0 aliphatic rings. The average Bonchev–Trinajstić information content (AvgIpc) is 3.23. The fourth-order valence-electron chi connectivity index (χ4n) is 5.65. The highest BCUT2D eigenvalue weighted by Gasteiger charge is 2.30. The Balaban J connectivity index is 1.82. The summed E-state index contributed by atoms with van der Waals surface area (Å²) in [4.78, 5) is 62.0. The number of aliphatic imine (C=N–C) groups is 2. The van der Waals surface area contributed by atoms with E-state index < -0.39 is 48.4 Å². The molecule has 0 saturated carbocycles. The molecule has 3 aromatic carbocycles. The molecular weight excluding hydrogens is 765 g/mol. The zero-order valence-corrected chi connectivity index (χ0v) is 33.5. The lowest BCUT2D eigenvalue weighted by Gasteiger charge is -2.25. The van der Waals surface area contributed by atoms with Gasteiger partial charge in [-0.05, 0) is 73.2 Å². The van der Waals surface area contributed by atoms with Crippen LogP contribution in [0.3, 0.4) is 0 Å². The zero-order valence-electron chi connectivity index (χ0n) is 33.5. The van der Waals surface area contributed by atoms with Crippen LogP contribution in [0.5, 0.6) is 23.0 Å². The minimum atomic E-state index is -1.46. The second-order valence-electron chi connectivity index (χ2n) is 12.8. The third-order valence-electron chi connectivity index (χ3n) is 8.63. The molecule has 0 spiro atoms. The van der Waals surface area contributed by atoms with Gasteiger partial charge in [-0.25, -0.2) is 0 Å². The third kappa shape index (κ3) is 14.8. The molecule has 3 atom stereocenters. The van der Waals surface area contributed by atoms with Gasteiger partial charge in [0.15, 0.2) is 23.4 Å². The van der Waals surface area contributed by atoms with E-state index in [9.17, 15) is 24.3 Å². The Morgan fingerprint density at radius 3 is 1.68 bits per heavy atom. The fourth-order valence-corrected chi connectivity index (χ4v) is 5.65. The van der Waals surface area contributed by atoms with Gasteiger partial charge in [-0.1, -0.05) is 36.4 Å². The highest BCUT2D eigenvalue weighted by atomic mass is 16.5. The van der Waals surface area contributed by atoms with Crippen molar-refractivity contribution in [2.45, 2.75) is 43.8 Å². The quantitative estimate of drug-likeness (QED) is 0.0276. The number of ether oxygens (including phenoxy) is 4. The van der Waals surface area contributed by atoms with Crippen molar-refractivity contribution in [3.8, 4) is 23.0 Å². The number of aliphatic hydroxyl groups excluding tert-OH is 1. The molecule has 4 amide bonds. The topological polar surface area (TPSA) is 302 Å². The lowest BCUT2D eigenvalue weighted by atomic mass is 10.1. The monoisotopic (exact) mass is 818 g/mol. The number of amides is 4. The first kappa shape index (κ1) is 46.4. The molecule has 0 aromatic heterocycles. The van der Waals surface area contributed by atoms with Crippen molar-refractivity contribution in [1.29, 1.82) is 0 Å². The van der Waals surface area contributed by atoms with Crippen LogP contribution in [0, 0.1) is 0 Å². The van der Waals surface area contributed by atoms with Crippen LogP contribution < -0.4 is 63.1 Å². The van der Waals surface area contributed by atoms with Crippen LogP contribution in [0.15, 0.2) is 70.6 Å². The van der Waals surface area contributed by atoms with Gasteiger partial charge in [0.25, 0.3) is 5.91 Å². The van der Waals surface area contributed by atoms with E-state index in [4.69, 9.17) is 41.9 Å². The first-order chi connectivity index (χ1) is 28.3. The van der Waals surface area contributed by atoms with E-state index in [0.29, 0.717) is 40.5 Å². The number of nitrogens with zero attached hydrogens (tertiary/aromatic N) is 2. The molecular formula is C40H54N10O9. The molecule has 0 radical (unpaired) electrons. The SMILES string of the molecule is COc1ccc(/C=C\c2cc(OC)c(OC)c(OC)c2)cc1NC(=O)[C@H](CO)NC(=O)[C@H](CCCN=C(N)N)NC(=O)[C@H](CCCN=C(N)N)NC(=O)c1ccccc1. The molecule has 19 heteroatoms. The molecule has 19 nitrogen and oxygen atoms in total. The van der Waals surface area contributed by atoms with E-state index >= 15 is 0 Å². The number of benzene rings is 3. The summed E-state index contributed by atoms with van der Waals surface area (Å²) in [6, 6.07) is 13.0. The van der Waals surface area contributed by atoms with Crippen molar-refractivity contribution in [3.63, 3.8) is 0 Å². The van der Waals surface area contributed by atoms with Crippen molar-refractivity contribution in [2.75, 3.05) is 53.5 Å². The van der Waals surface area contributed by atoms with Gasteiger partial charge in [0.1, 0.15) is 23.9 Å². The maximum Gasteiger partial charge on any atom is 0.251 e. The predicted molar refractivity (Wildman–Crippen MR) is 225 cm³/mol. The number of rotatable bonds is 23. The van der Waals surface area contributed by atoms with Crippen LogP contribution in [0.1, 0.15) is 47.2 Å². The van der Waals surface area contributed by atoms with Crippen molar-refractivity contribution in [1.82, 2.24) is 16.0 Å². The van der Waals surface area contributed by atoms with Crippen molar-refractivity contribution in [2.24, 2.45) is 32.9 Å². The molecule has 3 rings (SSSR count). The molecule has 13 N–H and O–H groups in total. The standard InChI is InChI=1S/C40H54N10O9/c1-56-31-17-16-24(14-15-25-21-32(57-2)34(59-4)33(22-25)58-3)20-29(31)49-38(55)30(23-51)50-37(54)28(13-9-19-46-40(43)44)48-36(53)27(12-8-18-45-39(41)42)47-35(52)26-10-6-5-7-11-26/h5-7,10-11,14-17,20-22,27-28,30,51H,8-9,12-13,18-19,23H2,1-4H3,(H,47,52)(H,48,53)(H,49,55)(H,50,54)(H4,41,42,45)(H4,43,44,46)/b15-14-/t27-,28-,30-/m0/s1. The van der Waals surface area contributed by atoms with Gasteiger partial charge in [0.05, 0.1) is 40.7 Å². The van der Waals surface area contributed by atoms with E-state index in [1.54, 1.807) is 72.8 Å². The molecule has 0 aliphatic heterocycles. The van der Waals surface area contributed by atoms with Gasteiger partial charge < -0.3 is 68.3 Å². The summed E-state index contributed by atoms with van der Waals surface area (Å²) in [7, 11) is 5.97. The van der Waals surface area contributed by atoms with E-state index in [2.05, 4.69) is 31.3 Å². The first-order valence-electron chi connectivity index (χ1n) is 18.5. The minimum Gasteiger partial charge on any atom is -0.495 e. The average molecular weight is 819 g/mol. The highest BCUT2D eigenvalue weighted by Crippen LogP contribution is 2.38. The van der Waals surface area contributed by atoms with Crippen LogP contribution in [0.2, 0.25) is 0 Å². The van der Waals surface area contributed by atoms with Crippen LogP contribution in [0.4, 0.5) is 5.69 Å². The summed E-state index contributed by atoms with van der Waals surface area (Å²) in [5.74, 6) is -1.38. The van der Waals surface area contributed by atoms with E-state index in [1.165, 1.54) is 28.4 Å². The van der Waals surface area contributed by atoms with Crippen LogP contribution in [0.25, 0.3) is 12.2 Å². The maximum absolute atomic E-state index is 13.8. The Bertz CT molecular complexity index is 1940. The molecule has 59 heavy (non-hydrogen) atoms. The molecule has 0 heterocycles. The number of hydrogen-bond acceptors (Lipinski definition) is 11. The zero-order chi connectivity index (χ0) is 43.3. The summed E-state index contributed by atoms with van der Waals surface area (Å²) in [5.41, 5.74) is 23.8. The van der Waals surface area contributed by atoms with E-state index in [1.807, 2.05) is 0 Å². The van der Waals surface area contributed by atoms with Gasteiger partial charge in [0, 0.05) is 18.7 Å². The van der Waals surface area contributed by atoms with Crippen molar-refractivity contribution in [3.05, 3.63) is 77.4 Å². The summed E-state index contributed by atoms with van der Waals surface area (Å²) < 4.78 is 21.7. The lowest BCUT2D eigenvalue weighted by molar-refractivity contribution is -0.132.